The van der Waals surface area contributed by atoms with Crippen molar-refractivity contribution in [1.82, 2.24) is 5.32 Å². The Kier molecular flexibility index (Phi) is 8.56. The molecule has 0 unspecified atom stereocenters. The number of carbonyl (C=O) groups excluding carboxylic acids is 2. The molecule has 23 heavy (non-hydrogen) atoms. The van der Waals surface area contributed by atoms with Crippen molar-refractivity contribution in [2.45, 2.75) is 47.0 Å². The Morgan fingerprint density at radius 2 is 1.91 bits per heavy atom. The molecule has 0 atom stereocenters. The summed E-state index contributed by atoms with van der Waals surface area (Å²) in [5.74, 6) is 0.481. The third kappa shape index (κ3) is 7.93. The number of ketones is 1. The first-order valence-corrected chi connectivity index (χ1v) is 8.35. The SMILES string of the molecule is Cc1ccc(C)c(C(=O)CCC(=O)NCCCOCC(C)C)c1. The van der Waals surface area contributed by atoms with Crippen LogP contribution in [-0.4, -0.2) is 31.4 Å². The van der Waals surface area contributed by atoms with Gasteiger partial charge in [-0.3, -0.25) is 9.59 Å². The van der Waals surface area contributed by atoms with Crippen LogP contribution in [0.15, 0.2) is 18.2 Å². The van der Waals surface area contributed by atoms with E-state index in [0.29, 0.717) is 19.1 Å². The molecule has 1 amide bonds. The summed E-state index contributed by atoms with van der Waals surface area (Å²) in [6.07, 6.45) is 1.28. The van der Waals surface area contributed by atoms with Crippen LogP contribution in [-0.2, 0) is 9.53 Å². The monoisotopic (exact) mass is 319 g/mol. The molecule has 128 valence electrons. The minimum absolute atomic E-state index is 0.0293. The Morgan fingerprint density at radius 1 is 1.17 bits per heavy atom. The van der Waals surface area contributed by atoms with E-state index in [1.54, 1.807) is 0 Å². The number of hydrogen-bond donors (Lipinski definition) is 1. The molecule has 1 aromatic carbocycles. The molecule has 1 N–H and O–H groups in total. The van der Waals surface area contributed by atoms with Crippen molar-refractivity contribution >= 4 is 11.7 Å². The Balaban J connectivity index is 2.23. The zero-order valence-electron chi connectivity index (χ0n) is 14.8. The summed E-state index contributed by atoms with van der Waals surface area (Å²) >= 11 is 0. The smallest absolute Gasteiger partial charge is 0.220 e. The molecule has 4 heteroatoms. The topological polar surface area (TPSA) is 55.4 Å². The van der Waals surface area contributed by atoms with Gasteiger partial charge in [0.15, 0.2) is 5.78 Å². The molecule has 0 saturated carbocycles. The number of hydrogen-bond acceptors (Lipinski definition) is 3. The lowest BCUT2D eigenvalue weighted by atomic mass is 9.99. The highest BCUT2D eigenvalue weighted by molar-refractivity contribution is 5.99. The molecular formula is C19H29NO3. The van der Waals surface area contributed by atoms with E-state index >= 15 is 0 Å². The Morgan fingerprint density at radius 3 is 2.61 bits per heavy atom. The number of Topliss-reactive ketones (excluding diaryl/α,β-unsaturated/α-hetero) is 1. The minimum Gasteiger partial charge on any atom is -0.381 e. The maximum Gasteiger partial charge on any atom is 0.220 e. The van der Waals surface area contributed by atoms with E-state index < -0.39 is 0 Å². The number of benzene rings is 1. The number of amides is 1. The van der Waals surface area contributed by atoms with E-state index in [2.05, 4.69) is 19.2 Å². The quantitative estimate of drug-likeness (QED) is 0.531. The normalized spacial score (nSPS) is 10.8. The molecular weight excluding hydrogens is 290 g/mol. The molecule has 0 fully saturated rings. The average molecular weight is 319 g/mol. The molecule has 0 heterocycles. The molecule has 0 aliphatic rings. The van der Waals surface area contributed by atoms with Gasteiger partial charge in [0, 0.05) is 38.2 Å². The van der Waals surface area contributed by atoms with Gasteiger partial charge in [0.2, 0.25) is 5.91 Å². The Hall–Kier alpha value is -1.68. The van der Waals surface area contributed by atoms with Crippen LogP contribution >= 0.6 is 0 Å². The fourth-order valence-corrected chi connectivity index (χ4v) is 2.21. The van der Waals surface area contributed by atoms with Gasteiger partial charge < -0.3 is 10.1 Å². The van der Waals surface area contributed by atoms with Gasteiger partial charge >= 0.3 is 0 Å². The first-order valence-electron chi connectivity index (χ1n) is 8.35. The fourth-order valence-electron chi connectivity index (χ4n) is 2.21. The van der Waals surface area contributed by atoms with Crippen molar-refractivity contribution in [3.63, 3.8) is 0 Å². The highest BCUT2D eigenvalue weighted by Crippen LogP contribution is 2.13. The van der Waals surface area contributed by atoms with Crippen LogP contribution < -0.4 is 5.32 Å². The van der Waals surface area contributed by atoms with Crippen LogP contribution in [0.5, 0.6) is 0 Å². The van der Waals surface area contributed by atoms with Gasteiger partial charge in [-0.2, -0.15) is 0 Å². The molecule has 0 aromatic heterocycles. The molecule has 0 saturated heterocycles. The zero-order valence-corrected chi connectivity index (χ0v) is 14.8. The van der Waals surface area contributed by atoms with Gasteiger partial charge in [-0.05, 0) is 37.8 Å². The summed E-state index contributed by atoms with van der Waals surface area (Å²) in [6, 6.07) is 5.82. The molecule has 0 spiro atoms. The number of nitrogens with one attached hydrogen (secondary N) is 1. The Bertz CT molecular complexity index is 523. The van der Waals surface area contributed by atoms with E-state index in [4.69, 9.17) is 4.74 Å². The lowest BCUT2D eigenvalue weighted by Gasteiger charge is -2.08. The lowest BCUT2D eigenvalue weighted by molar-refractivity contribution is -0.121. The molecule has 1 aromatic rings. The molecule has 4 nitrogen and oxygen atoms in total. The van der Waals surface area contributed by atoms with Crippen molar-refractivity contribution < 1.29 is 14.3 Å². The molecule has 0 bridgehead atoms. The second-order valence-corrected chi connectivity index (χ2v) is 6.41. The summed E-state index contributed by atoms with van der Waals surface area (Å²) in [6.45, 7) is 10.1. The number of rotatable bonds is 10. The standard InChI is InChI=1S/C19H29NO3/c1-14(2)13-23-11-5-10-20-19(22)9-8-18(21)17-12-15(3)6-7-16(17)4/h6-7,12,14H,5,8-11,13H2,1-4H3,(H,20,22). The highest BCUT2D eigenvalue weighted by Gasteiger charge is 2.11. The van der Waals surface area contributed by atoms with Crippen molar-refractivity contribution in [2.75, 3.05) is 19.8 Å². The maximum absolute atomic E-state index is 12.2. The summed E-state index contributed by atoms with van der Waals surface area (Å²) in [4.78, 5) is 24.0. The van der Waals surface area contributed by atoms with Crippen LogP contribution in [0.4, 0.5) is 0 Å². The second-order valence-electron chi connectivity index (χ2n) is 6.41. The van der Waals surface area contributed by atoms with E-state index in [-0.39, 0.29) is 24.5 Å². The third-order valence-electron chi connectivity index (χ3n) is 3.51. The molecule has 0 aliphatic heterocycles. The Labute approximate surface area is 139 Å². The zero-order chi connectivity index (χ0) is 17.2. The summed E-state index contributed by atoms with van der Waals surface area (Å²) in [7, 11) is 0. The molecule has 0 radical (unpaired) electrons. The summed E-state index contributed by atoms with van der Waals surface area (Å²) in [5, 5.41) is 2.83. The van der Waals surface area contributed by atoms with E-state index in [0.717, 1.165) is 29.7 Å². The van der Waals surface area contributed by atoms with Crippen LogP contribution in [0, 0.1) is 19.8 Å². The van der Waals surface area contributed by atoms with Crippen LogP contribution in [0.2, 0.25) is 0 Å². The van der Waals surface area contributed by atoms with Crippen molar-refractivity contribution in [2.24, 2.45) is 5.92 Å². The van der Waals surface area contributed by atoms with Gasteiger partial charge in [0.25, 0.3) is 0 Å². The van der Waals surface area contributed by atoms with Gasteiger partial charge in [0.05, 0.1) is 0 Å². The molecule has 0 aliphatic carbocycles. The van der Waals surface area contributed by atoms with Gasteiger partial charge in [-0.1, -0.05) is 31.5 Å². The number of ether oxygens (including phenoxy) is 1. The van der Waals surface area contributed by atoms with Gasteiger partial charge in [0.1, 0.15) is 0 Å². The van der Waals surface area contributed by atoms with Gasteiger partial charge in [-0.25, -0.2) is 0 Å². The minimum atomic E-state index is -0.0764. The predicted molar refractivity (Wildman–Crippen MR) is 92.8 cm³/mol. The third-order valence-corrected chi connectivity index (χ3v) is 3.51. The van der Waals surface area contributed by atoms with Crippen LogP contribution in [0.3, 0.4) is 0 Å². The van der Waals surface area contributed by atoms with Crippen LogP contribution in [0.1, 0.15) is 54.6 Å². The van der Waals surface area contributed by atoms with Gasteiger partial charge in [-0.15, -0.1) is 0 Å². The fraction of sp³-hybridized carbons (Fsp3) is 0.579. The first-order chi connectivity index (χ1) is 10.9. The van der Waals surface area contributed by atoms with Crippen molar-refractivity contribution in [3.05, 3.63) is 34.9 Å². The van der Waals surface area contributed by atoms with Crippen LogP contribution in [0.25, 0.3) is 0 Å². The molecule has 1 rings (SSSR count). The lowest BCUT2D eigenvalue weighted by Crippen LogP contribution is -2.25. The number of carbonyl (C=O) groups is 2. The highest BCUT2D eigenvalue weighted by atomic mass is 16.5. The second kappa shape index (κ2) is 10.2. The number of aryl methyl sites for hydroxylation is 2. The first kappa shape index (κ1) is 19.4. The summed E-state index contributed by atoms with van der Waals surface area (Å²) in [5.41, 5.74) is 2.74. The summed E-state index contributed by atoms with van der Waals surface area (Å²) < 4.78 is 5.45. The van der Waals surface area contributed by atoms with Crippen molar-refractivity contribution in [1.29, 1.82) is 0 Å². The largest absolute Gasteiger partial charge is 0.381 e. The van der Waals surface area contributed by atoms with E-state index in [9.17, 15) is 9.59 Å². The average Bonchev–Trinajstić information content (AvgIpc) is 2.50. The van der Waals surface area contributed by atoms with Crippen molar-refractivity contribution in [3.8, 4) is 0 Å². The van der Waals surface area contributed by atoms with E-state index in [1.807, 2.05) is 32.0 Å². The predicted octanol–water partition coefficient (Wildman–Crippen LogP) is 3.45. The maximum atomic E-state index is 12.2. The van der Waals surface area contributed by atoms with E-state index in [1.165, 1.54) is 0 Å².